The molecule has 1 N–H and O–H groups in total. The van der Waals surface area contributed by atoms with Crippen LogP contribution in [0.15, 0.2) is 18.2 Å². The van der Waals surface area contributed by atoms with Gasteiger partial charge in [-0.05, 0) is 25.1 Å². The van der Waals surface area contributed by atoms with Gasteiger partial charge in [0, 0.05) is 5.02 Å². The highest BCUT2D eigenvalue weighted by atomic mass is 35.5. The molecule has 90 valence electrons. The molecular weight excluding hydrogens is 263 g/mol. The number of hydrogen-bond acceptors (Lipinski definition) is 2. The molecule has 0 spiro atoms. The van der Waals surface area contributed by atoms with Gasteiger partial charge in [-0.3, -0.25) is 14.5 Å². The van der Waals surface area contributed by atoms with E-state index in [-0.39, 0.29) is 18.4 Å². The Kier molecular flexibility index (Phi) is 3.26. The number of carbonyl (C=O) groups excluding carboxylic acids is 2. The summed E-state index contributed by atoms with van der Waals surface area (Å²) in [5.41, 5.74) is 0.503. The van der Waals surface area contributed by atoms with E-state index in [4.69, 9.17) is 23.2 Å². The standard InChI is InChI=1S/C11H10Cl2N2O2/c1-6-11(17)14-5-10(16)15(6)9-3-2-7(12)4-8(9)13/h2-4,6H,5H2,1H3,(H,14,17). The molecule has 0 aliphatic carbocycles. The van der Waals surface area contributed by atoms with Crippen LogP contribution in [0.25, 0.3) is 0 Å². The second kappa shape index (κ2) is 4.55. The van der Waals surface area contributed by atoms with Crippen LogP contribution >= 0.6 is 23.2 Å². The van der Waals surface area contributed by atoms with Crippen molar-refractivity contribution >= 4 is 40.7 Å². The van der Waals surface area contributed by atoms with Crippen LogP contribution in [-0.4, -0.2) is 24.4 Å². The topological polar surface area (TPSA) is 49.4 Å². The zero-order chi connectivity index (χ0) is 12.6. The van der Waals surface area contributed by atoms with Crippen LogP contribution in [0, 0.1) is 0 Å². The Labute approximate surface area is 108 Å². The molecule has 6 heteroatoms. The molecule has 0 radical (unpaired) electrons. The number of benzene rings is 1. The van der Waals surface area contributed by atoms with Crippen LogP contribution in [0.5, 0.6) is 0 Å². The SMILES string of the molecule is CC1C(=O)NCC(=O)N1c1ccc(Cl)cc1Cl. The summed E-state index contributed by atoms with van der Waals surface area (Å²) >= 11 is 11.8. The Morgan fingerprint density at radius 2 is 2.06 bits per heavy atom. The van der Waals surface area contributed by atoms with E-state index in [2.05, 4.69) is 5.32 Å². The van der Waals surface area contributed by atoms with Gasteiger partial charge in [-0.2, -0.15) is 0 Å². The number of nitrogens with one attached hydrogen (secondary N) is 1. The van der Waals surface area contributed by atoms with Crippen LogP contribution in [-0.2, 0) is 9.59 Å². The van der Waals surface area contributed by atoms with Crippen molar-refractivity contribution in [3.05, 3.63) is 28.2 Å². The molecule has 1 aromatic rings. The summed E-state index contributed by atoms with van der Waals surface area (Å²) in [6.45, 7) is 1.64. The van der Waals surface area contributed by atoms with Gasteiger partial charge in [0.05, 0.1) is 17.3 Å². The third-order valence-electron chi connectivity index (χ3n) is 2.62. The summed E-state index contributed by atoms with van der Waals surface area (Å²) < 4.78 is 0. The minimum absolute atomic E-state index is 0.0118. The largest absolute Gasteiger partial charge is 0.345 e. The summed E-state index contributed by atoms with van der Waals surface area (Å²) in [6.07, 6.45) is 0. The molecule has 1 saturated heterocycles. The zero-order valence-electron chi connectivity index (χ0n) is 9.04. The summed E-state index contributed by atoms with van der Waals surface area (Å²) in [4.78, 5) is 24.7. The Morgan fingerprint density at radius 3 is 2.71 bits per heavy atom. The van der Waals surface area contributed by atoms with Gasteiger partial charge < -0.3 is 5.32 Å². The van der Waals surface area contributed by atoms with Crippen molar-refractivity contribution in [2.75, 3.05) is 11.4 Å². The monoisotopic (exact) mass is 272 g/mol. The van der Waals surface area contributed by atoms with Gasteiger partial charge in [-0.15, -0.1) is 0 Å². The maximum Gasteiger partial charge on any atom is 0.247 e. The van der Waals surface area contributed by atoms with Crippen molar-refractivity contribution < 1.29 is 9.59 Å². The highest BCUT2D eigenvalue weighted by molar-refractivity contribution is 6.37. The van der Waals surface area contributed by atoms with Crippen molar-refractivity contribution in [2.45, 2.75) is 13.0 Å². The fraction of sp³-hybridized carbons (Fsp3) is 0.273. The van der Waals surface area contributed by atoms with E-state index in [0.29, 0.717) is 15.7 Å². The molecule has 1 aromatic carbocycles. The smallest absolute Gasteiger partial charge is 0.247 e. The minimum Gasteiger partial charge on any atom is -0.345 e. The van der Waals surface area contributed by atoms with Gasteiger partial charge in [0.2, 0.25) is 11.8 Å². The van der Waals surface area contributed by atoms with Crippen LogP contribution in [0.3, 0.4) is 0 Å². The number of carbonyl (C=O) groups is 2. The highest BCUT2D eigenvalue weighted by Crippen LogP contribution is 2.30. The van der Waals surface area contributed by atoms with Crippen molar-refractivity contribution in [1.29, 1.82) is 0 Å². The maximum atomic E-state index is 11.8. The third kappa shape index (κ3) is 2.23. The van der Waals surface area contributed by atoms with E-state index >= 15 is 0 Å². The third-order valence-corrected chi connectivity index (χ3v) is 3.16. The van der Waals surface area contributed by atoms with Crippen molar-refractivity contribution in [3.8, 4) is 0 Å². The highest BCUT2D eigenvalue weighted by Gasteiger charge is 2.33. The van der Waals surface area contributed by atoms with E-state index in [1.165, 1.54) is 4.90 Å². The molecule has 1 aliphatic rings. The summed E-state index contributed by atoms with van der Waals surface area (Å²) in [7, 11) is 0. The molecule has 17 heavy (non-hydrogen) atoms. The molecule has 1 aliphatic heterocycles. The average molecular weight is 273 g/mol. The van der Waals surface area contributed by atoms with Crippen LogP contribution < -0.4 is 10.2 Å². The normalized spacial score (nSPS) is 20.4. The molecular formula is C11H10Cl2N2O2. The number of nitrogens with zero attached hydrogens (tertiary/aromatic N) is 1. The fourth-order valence-corrected chi connectivity index (χ4v) is 2.25. The lowest BCUT2D eigenvalue weighted by molar-refractivity contribution is -0.130. The predicted molar refractivity (Wildman–Crippen MR) is 66.4 cm³/mol. The Bertz CT molecular complexity index is 490. The Balaban J connectivity index is 2.43. The molecule has 2 amide bonds. The average Bonchev–Trinajstić information content (AvgIpc) is 2.27. The number of rotatable bonds is 1. The lowest BCUT2D eigenvalue weighted by Crippen LogP contribution is -2.57. The first-order valence-electron chi connectivity index (χ1n) is 5.05. The number of amides is 2. The molecule has 0 bridgehead atoms. The Hall–Kier alpha value is -1.26. The molecule has 1 heterocycles. The van der Waals surface area contributed by atoms with Crippen LogP contribution in [0.4, 0.5) is 5.69 Å². The van der Waals surface area contributed by atoms with Gasteiger partial charge in [0.1, 0.15) is 6.04 Å². The fourth-order valence-electron chi connectivity index (χ4n) is 1.75. The lowest BCUT2D eigenvalue weighted by atomic mass is 10.1. The zero-order valence-corrected chi connectivity index (χ0v) is 10.5. The van der Waals surface area contributed by atoms with E-state index < -0.39 is 6.04 Å². The number of piperazine rings is 1. The van der Waals surface area contributed by atoms with Crippen LogP contribution in [0.2, 0.25) is 10.0 Å². The molecule has 0 saturated carbocycles. The summed E-state index contributed by atoms with van der Waals surface area (Å²) in [5, 5.41) is 3.35. The van der Waals surface area contributed by atoms with Gasteiger partial charge in [-0.1, -0.05) is 23.2 Å². The van der Waals surface area contributed by atoms with Gasteiger partial charge >= 0.3 is 0 Å². The van der Waals surface area contributed by atoms with E-state index in [1.54, 1.807) is 25.1 Å². The van der Waals surface area contributed by atoms with Crippen molar-refractivity contribution in [3.63, 3.8) is 0 Å². The van der Waals surface area contributed by atoms with Crippen molar-refractivity contribution in [2.24, 2.45) is 0 Å². The lowest BCUT2D eigenvalue weighted by Gasteiger charge is -2.33. The number of anilines is 1. The second-order valence-electron chi connectivity index (χ2n) is 3.75. The van der Waals surface area contributed by atoms with Crippen LogP contribution in [0.1, 0.15) is 6.92 Å². The molecule has 4 nitrogen and oxygen atoms in total. The van der Waals surface area contributed by atoms with E-state index in [9.17, 15) is 9.59 Å². The summed E-state index contributed by atoms with van der Waals surface area (Å²) in [6, 6.07) is 4.24. The number of halogens is 2. The molecule has 1 fully saturated rings. The van der Waals surface area contributed by atoms with E-state index in [1.807, 2.05) is 0 Å². The predicted octanol–water partition coefficient (Wildman–Crippen LogP) is 1.84. The maximum absolute atomic E-state index is 11.8. The molecule has 1 atom stereocenters. The summed E-state index contributed by atoms with van der Waals surface area (Å²) in [5.74, 6) is -0.392. The van der Waals surface area contributed by atoms with Crippen molar-refractivity contribution in [1.82, 2.24) is 5.32 Å². The molecule has 1 unspecified atom stereocenters. The second-order valence-corrected chi connectivity index (χ2v) is 4.60. The number of hydrogen-bond donors (Lipinski definition) is 1. The Morgan fingerprint density at radius 1 is 1.35 bits per heavy atom. The molecule has 2 rings (SSSR count). The first-order chi connectivity index (χ1) is 8.00. The van der Waals surface area contributed by atoms with Gasteiger partial charge in [0.25, 0.3) is 0 Å². The first kappa shape index (κ1) is 12.2. The molecule has 0 aromatic heterocycles. The minimum atomic E-state index is -0.574. The quantitative estimate of drug-likeness (QED) is 0.848. The van der Waals surface area contributed by atoms with E-state index in [0.717, 1.165) is 0 Å². The first-order valence-corrected chi connectivity index (χ1v) is 5.81. The van der Waals surface area contributed by atoms with Gasteiger partial charge in [0.15, 0.2) is 0 Å². The van der Waals surface area contributed by atoms with Gasteiger partial charge in [-0.25, -0.2) is 0 Å².